The molecular formula is C11H13N3O2. The number of ether oxygens (including phenoxy) is 1. The van der Waals surface area contributed by atoms with Crippen LogP contribution in [0.5, 0.6) is 5.75 Å². The van der Waals surface area contributed by atoms with Gasteiger partial charge in [-0.3, -0.25) is 0 Å². The van der Waals surface area contributed by atoms with Gasteiger partial charge in [-0.05, 0) is 17.7 Å². The highest BCUT2D eigenvalue weighted by molar-refractivity contribution is 5.28. The predicted octanol–water partition coefficient (Wildman–Crippen LogP) is 1.42. The lowest BCUT2D eigenvalue weighted by Crippen LogP contribution is -1.99. The molecule has 2 rings (SSSR count). The van der Waals surface area contributed by atoms with E-state index in [2.05, 4.69) is 10.2 Å². The molecule has 1 aromatic carbocycles. The Bertz CT molecular complexity index is 468. The summed E-state index contributed by atoms with van der Waals surface area (Å²) >= 11 is 0. The minimum atomic E-state index is 0.273. The second-order valence-corrected chi connectivity index (χ2v) is 3.36. The van der Waals surface area contributed by atoms with Crippen LogP contribution in [0.2, 0.25) is 0 Å². The molecule has 0 aliphatic heterocycles. The van der Waals surface area contributed by atoms with Crippen LogP contribution in [0.3, 0.4) is 0 Å². The molecule has 16 heavy (non-hydrogen) atoms. The average molecular weight is 219 g/mol. The molecule has 0 atom stereocenters. The average Bonchev–Trinajstić information content (AvgIpc) is 2.73. The van der Waals surface area contributed by atoms with Gasteiger partial charge >= 0.3 is 0 Å². The zero-order valence-electron chi connectivity index (χ0n) is 9.01. The molecular weight excluding hydrogens is 206 g/mol. The fourth-order valence-electron chi connectivity index (χ4n) is 1.30. The third-order valence-corrected chi connectivity index (χ3v) is 2.06. The molecule has 1 heterocycles. The third kappa shape index (κ3) is 2.58. The van der Waals surface area contributed by atoms with Gasteiger partial charge in [-0.1, -0.05) is 12.1 Å². The Morgan fingerprint density at radius 1 is 1.38 bits per heavy atom. The number of benzene rings is 1. The highest BCUT2D eigenvalue weighted by Crippen LogP contribution is 2.14. The quantitative estimate of drug-likeness (QED) is 0.841. The van der Waals surface area contributed by atoms with Crippen molar-refractivity contribution in [3.05, 3.63) is 41.6 Å². The first-order chi connectivity index (χ1) is 7.78. The first-order valence-electron chi connectivity index (χ1n) is 4.98. The van der Waals surface area contributed by atoms with Crippen molar-refractivity contribution >= 4 is 0 Å². The lowest BCUT2D eigenvalue weighted by molar-refractivity contribution is 0.260. The van der Waals surface area contributed by atoms with Gasteiger partial charge in [0, 0.05) is 13.5 Å². The standard InChI is InChI=1S/C11H13N3O2/c1-8-13-14-11(16-8)7-15-10-4-2-3-9(5-10)6-12/h2-5H,6-7,12H2,1H3. The Morgan fingerprint density at radius 3 is 2.94 bits per heavy atom. The van der Waals surface area contributed by atoms with E-state index in [-0.39, 0.29) is 6.61 Å². The summed E-state index contributed by atoms with van der Waals surface area (Å²) in [4.78, 5) is 0. The molecule has 0 aliphatic carbocycles. The van der Waals surface area contributed by atoms with Crippen LogP contribution >= 0.6 is 0 Å². The molecule has 0 radical (unpaired) electrons. The first-order valence-corrected chi connectivity index (χ1v) is 4.98. The van der Waals surface area contributed by atoms with E-state index < -0.39 is 0 Å². The van der Waals surface area contributed by atoms with Gasteiger partial charge in [-0.25, -0.2) is 0 Å². The number of hydrogen-bond acceptors (Lipinski definition) is 5. The molecule has 5 heteroatoms. The molecule has 84 valence electrons. The highest BCUT2D eigenvalue weighted by Gasteiger charge is 2.03. The maximum Gasteiger partial charge on any atom is 0.253 e. The molecule has 0 amide bonds. The molecule has 0 saturated carbocycles. The second-order valence-electron chi connectivity index (χ2n) is 3.36. The summed E-state index contributed by atoms with van der Waals surface area (Å²) in [5.41, 5.74) is 6.56. The maximum atomic E-state index is 5.53. The van der Waals surface area contributed by atoms with E-state index in [1.807, 2.05) is 24.3 Å². The Labute approximate surface area is 93.2 Å². The van der Waals surface area contributed by atoms with Crippen molar-refractivity contribution in [1.29, 1.82) is 0 Å². The van der Waals surface area contributed by atoms with Crippen molar-refractivity contribution in [2.24, 2.45) is 5.73 Å². The van der Waals surface area contributed by atoms with Gasteiger partial charge in [-0.15, -0.1) is 10.2 Å². The molecule has 5 nitrogen and oxygen atoms in total. The van der Waals surface area contributed by atoms with Crippen LogP contribution in [-0.2, 0) is 13.2 Å². The number of nitrogens with zero attached hydrogens (tertiary/aromatic N) is 2. The monoisotopic (exact) mass is 219 g/mol. The van der Waals surface area contributed by atoms with Gasteiger partial charge in [0.15, 0.2) is 6.61 Å². The predicted molar refractivity (Wildman–Crippen MR) is 57.7 cm³/mol. The largest absolute Gasteiger partial charge is 0.484 e. The van der Waals surface area contributed by atoms with E-state index in [0.717, 1.165) is 11.3 Å². The fraction of sp³-hybridized carbons (Fsp3) is 0.273. The Hall–Kier alpha value is -1.88. The number of aryl methyl sites for hydroxylation is 1. The fourth-order valence-corrected chi connectivity index (χ4v) is 1.30. The Morgan fingerprint density at radius 2 is 2.25 bits per heavy atom. The van der Waals surface area contributed by atoms with Crippen LogP contribution in [0.25, 0.3) is 0 Å². The van der Waals surface area contributed by atoms with E-state index in [4.69, 9.17) is 14.9 Å². The number of hydrogen-bond donors (Lipinski definition) is 1. The van der Waals surface area contributed by atoms with Crippen molar-refractivity contribution in [3.8, 4) is 5.75 Å². The van der Waals surface area contributed by atoms with Crippen molar-refractivity contribution in [1.82, 2.24) is 10.2 Å². The van der Waals surface area contributed by atoms with Crippen LogP contribution in [0.1, 0.15) is 17.3 Å². The molecule has 0 fully saturated rings. The van der Waals surface area contributed by atoms with Gasteiger partial charge in [0.2, 0.25) is 5.89 Å². The molecule has 0 bridgehead atoms. The molecule has 2 aromatic rings. The van der Waals surface area contributed by atoms with Gasteiger partial charge in [0.1, 0.15) is 5.75 Å². The van der Waals surface area contributed by atoms with Crippen molar-refractivity contribution < 1.29 is 9.15 Å². The van der Waals surface area contributed by atoms with Crippen LogP contribution in [-0.4, -0.2) is 10.2 Å². The van der Waals surface area contributed by atoms with Crippen LogP contribution in [0.4, 0.5) is 0 Å². The summed E-state index contributed by atoms with van der Waals surface area (Å²) in [7, 11) is 0. The van der Waals surface area contributed by atoms with Gasteiger partial charge in [-0.2, -0.15) is 0 Å². The Kier molecular flexibility index (Phi) is 3.16. The number of rotatable bonds is 4. The van der Waals surface area contributed by atoms with E-state index >= 15 is 0 Å². The van der Waals surface area contributed by atoms with E-state index in [9.17, 15) is 0 Å². The third-order valence-electron chi connectivity index (χ3n) is 2.06. The summed E-state index contributed by atoms with van der Waals surface area (Å²) in [6.45, 7) is 2.51. The van der Waals surface area contributed by atoms with Gasteiger partial charge in [0.25, 0.3) is 5.89 Å². The zero-order chi connectivity index (χ0) is 11.4. The number of nitrogens with two attached hydrogens (primary N) is 1. The summed E-state index contributed by atoms with van der Waals surface area (Å²) in [6.07, 6.45) is 0. The van der Waals surface area contributed by atoms with Crippen LogP contribution in [0.15, 0.2) is 28.7 Å². The maximum absolute atomic E-state index is 5.53. The number of aromatic nitrogens is 2. The zero-order valence-corrected chi connectivity index (χ0v) is 9.01. The van der Waals surface area contributed by atoms with E-state index in [0.29, 0.717) is 18.3 Å². The first kappa shape index (κ1) is 10.6. The summed E-state index contributed by atoms with van der Waals surface area (Å²) in [5.74, 6) is 1.75. The summed E-state index contributed by atoms with van der Waals surface area (Å²) < 4.78 is 10.7. The minimum Gasteiger partial charge on any atom is -0.484 e. The smallest absolute Gasteiger partial charge is 0.253 e. The molecule has 0 aliphatic rings. The summed E-state index contributed by atoms with van der Waals surface area (Å²) in [6, 6.07) is 7.60. The van der Waals surface area contributed by atoms with Gasteiger partial charge in [0.05, 0.1) is 0 Å². The second kappa shape index (κ2) is 4.76. The van der Waals surface area contributed by atoms with Crippen molar-refractivity contribution in [2.75, 3.05) is 0 Å². The molecule has 0 saturated heterocycles. The van der Waals surface area contributed by atoms with Crippen molar-refractivity contribution in [2.45, 2.75) is 20.1 Å². The minimum absolute atomic E-state index is 0.273. The molecule has 1 aromatic heterocycles. The van der Waals surface area contributed by atoms with E-state index in [1.165, 1.54) is 0 Å². The van der Waals surface area contributed by atoms with Crippen LogP contribution < -0.4 is 10.5 Å². The van der Waals surface area contributed by atoms with E-state index in [1.54, 1.807) is 6.92 Å². The topological polar surface area (TPSA) is 74.2 Å². The Balaban J connectivity index is 1.99. The van der Waals surface area contributed by atoms with Crippen molar-refractivity contribution in [3.63, 3.8) is 0 Å². The lowest BCUT2D eigenvalue weighted by Gasteiger charge is -2.04. The lowest BCUT2D eigenvalue weighted by atomic mass is 10.2. The summed E-state index contributed by atoms with van der Waals surface area (Å²) in [5, 5.41) is 7.55. The molecule has 0 unspecified atom stereocenters. The molecule has 0 spiro atoms. The normalized spacial score (nSPS) is 10.4. The molecule has 2 N–H and O–H groups in total. The van der Waals surface area contributed by atoms with Gasteiger partial charge < -0.3 is 14.9 Å². The highest BCUT2D eigenvalue weighted by atomic mass is 16.5. The SMILES string of the molecule is Cc1nnc(COc2cccc(CN)c2)o1. The van der Waals surface area contributed by atoms with Crippen LogP contribution in [0, 0.1) is 6.92 Å².